The highest BCUT2D eigenvalue weighted by Crippen LogP contribution is 2.15. The van der Waals surface area contributed by atoms with E-state index in [1.807, 2.05) is 18.2 Å². The summed E-state index contributed by atoms with van der Waals surface area (Å²) in [6.45, 7) is 5.92. The minimum absolute atomic E-state index is 0.131. The fourth-order valence-electron chi connectivity index (χ4n) is 1.24. The van der Waals surface area contributed by atoms with Crippen LogP contribution < -0.4 is 5.32 Å². The van der Waals surface area contributed by atoms with Gasteiger partial charge in [0.1, 0.15) is 5.82 Å². The van der Waals surface area contributed by atoms with Crippen molar-refractivity contribution in [2.75, 3.05) is 25.6 Å². The van der Waals surface area contributed by atoms with Crippen LogP contribution in [-0.4, -0.2) is 25.2 Å². The molecule has 0 amide bonds. The quantitative estimate of drug-likeness (QED) is 0.780. The van der Waals surface area contributed by atoms with Crippen LogP contribution in [0.15, 0.2) is 24.4 Å². The van der Waals surface area contributed by atoms with Crippen LogP contribution in [0.5, 0.6) is 0 Å². The van der Waals surface area contributed by atoms with E-state index in [4.69, 9.17) is 4.74 Å². The predicted octanol–water partition coefficient (Wildman–Crippen LogP) is 2.17. The monoisotopic (exact) mass is 194 g/mol. The molecule has 3 heteroatoms. The summed E-state index contributed by atoms with van der Waals surface area (Å²) in [5.74, 6) is 0.914. The SMILES string of the molecule is COCC(C)(C)CNc1ccccn1. The zero-order valence-corrected chi connectivity index (χ0v) is 9.08. The zero-order valence-electron chi connectivity index (χ0n) is 9.08. The van der Waals surface area contributed by atoms with Crippen LogP contribution in [0.25, 0.3) is 0 Å². The van der Waals surface area contributed by atoms with Gasteiger partial charge in [-0.3, -0.25) is 0 Å². The van der Waals surface area contributed by atoms with Crippen LogP contribution in [0, 0.1) is 5.41 Å². The molecule has 0 fully saturated rings. The summed E-state index contributed by atoms with van der Waals surface area (Å²) in [6.07, 6.45) is 1.78. The second-order valence-electron chi connectivity index (χ2n) is 4.17. The highest BCUT2D eigenvalue weighted by atomic mass is 16.5. The van der Waals surface area contributed by atoms with Crippen molar-refractivity contribution >= 4 is 5.82 Å². The van der Waals surface area contributed by atoms with Crippen molar-refractivity contribution < 1.29 is 4.74 Å². The summed E-state index contributed by atoms with van der Waals surface area (Å²) in [7, 11) is 1.72. The summed E-state index contributed by atoms with van der Waals surface area (Å²) in [5, 5.41) is 3.28. The molecule has 0 saturated carbocycles. The van der Waals surface area contributed by atoms with Crippen molar-refractivity contribution in [3.05, 3.63) is 24.4 Å². The molecule has 0 atom stereocenters. The summed E-state index contributed by atoms with van der Waals surface area (Å²) in [6, 6.07) is 5.84. The van der Waals surface area contributed by atoms with E-state index in [9.17, 15) is 0 Å². The first-order chi connectivity index (χ1) is 6.64. The molecule has 0 bridgehead atoms. The number of aromatic nitrogens is 1. The van der Waals surface area contributed by atoms with E-state index in [1.165, 1.54) is 0 Å². The van der Waals surface area contributed by atoms with Gasteiger partial charge in [-0.25, -0.2) is 4.98 Å². The van der Waals surface area contributed by atoms with Crippen molar-refractivity contribution in [2.24, 2.45) is 5.41 Å². The molecule has 0 aliphatic rings. The molecule has 1 rings (SSSR count). The number of hydrogen-bond acceptors (Lipinski definition) is 3. The van der Waals surface area contributed by atoms with E-state index < -0.39 is 0 Å². The first-order valence-corrected chi connectivity index (χ1v) is 4.78. The maximum atomic E-state index is 5.13. The predicted molar refractivity (Wildman–Crippen MR) is 58.4 cm³/mol. The van der Waals surface area contributed by atoms with E-state index in [0.717, 1.165) is 19.0 Å². The largest absolute Gasteiger partial charge is 0.384 e. The number of nitrogens with one attached hydrogen (secondary N) is 1. The average Bonchev–Trinajstić information content (AvgIpc) is 2.17. The molecule has 14 heavy (non-hydrogen) atoms. The second kappa shape index (κ2) is 4.96. The number of anilines is 1. The molecule has 1 aromatic heterocycles. The van der Waals surface area contributed by atoms with Crippen molar-refractivity contribution in [2.45, 2.75) is 13.8 Å². The van der Waals surface area contributed by atoms with Crippen LogP contribution in [0.1, 0.15) is 13.8 Å². The lowest BCUT2D eigenvalue weighted by molar-refractivity contribution is 0.112. The van der Waals surface area contributed by atoms with Crippen LogP contribution >= 0.6 is 0 Å². The van der Waals surface area contributed by atoms with Gasteiger partial charge < -0.3 is 10.1 Å². The molecule has 78 valence electrons. The van der Waals surface area contributed by atoms with Crippen LogP contribution in [0.2, 0.25) is 0 Å². The third-order valence-electron chi connectivity index (χ3n) is 1.95. The molecular formula is C11H18N2O. The van der Waals surface area contributed by atoms with E-state index in [2.05, 4.69) is 24.1 Å². The van der Waals surface area contributed by atoms with Gasteiger partial charge in [0.25, 0.3) is 0 Å². The lowest BCUT2D eigenvalue weighted by Crippen LogP contribution is -2.28. The standard InChI is InChI=1S/C11H18N2O/c1-11(2,9-14-3)8-13-10-6-4-5-7-12-10/h4-7H,8-9H2,1-3H3,(H,12,13). The third-order valence-corrected chi connectivity index (χ3v) is 1.95. The lowest BCUT2D eigenvalue weighted by Gasteiger charge is -2.23. The lowest BCUT2D eigenvalue weighted by atomic mass is 9.95. The Bertz CT molecular complexity index is 259. The zero-order chi connectivity index (χ0) is 10.4. The highest BCUT2D eigenvalue weighted by Gasteiger charge is 2.17. The third kappa shape index (κ3) is 3.75. The maximum Gasteiger partial charge on any atom is 0.125 e. The topological polar surface area (TPSA) is 34.1 Å². The summed E-state index contributed by atoms with van der Waals surface area (Å²) < 4.78 is 5.13. The van der Waals surface area contributed by atoms with Gasteiger partial charge in [-0.05, 0) is 12.1 Å². The average molecular weight is 194 g/mol. The Balaban J connectivity index is 2.40. The molecule has 0 spiro atoms. The number of ether oxygens (including phenoxy) is 1. The molecule has 1 heterocycles. The van der Waals surface area contributed by atoms with E-state index in [-0.39, 0.29) is 5.41 Å². The highest BCUT2D eigenvalue weighted by molar-refractivity contribution is 5.33. The van der Waals surface area contributed by atoms with Gasteiger partial charge in [-0.15, -0.1) is 0 Å². The van der Waals surface area contributed by atoms with Crippen LogP contribution in [-0.2, 0) is 4.74 Å². The minimum atomic E-state index is 0.131. The number of methoxy groups -OCH3 is 1. The number of nitrogens with zero attached hydrogens (tertiary/aromatic N) is 1. The maximum absolute atomic E-state index is 5.13. The fraction of sp³-hybridized carbons (Fsp3) is 0.545. The van der Waals surface area contributed by atoms with Gasteiger partial charge in [0.05, 0.1) is 6.61 Å². The molecule has 0 aliphatic heterocycles. The molecular weight excluding hydrogens is 176 g/mol. The van der Waals surface area contributed by atoms with Gasteiger partial charge in [-0.1, -0.05) is 19.9 Å². The molecule has 0 saturated heterocycles. The molecule has 1 N–H and O–H groups in total. The molecule has 1 aromatic rings. The van der Waals surface area contributed by atoms with Gasteiger partial charge in [-0.2, -0.15) is 0 Å². The van der Waals surface area contributed by atoms with E-state index in [1.54, 1.807) is 13.3 Å². The normalized spacial score (nSPS) is 11.4. The Hall–Kier alpha value is -1.09. The van der Waals surface area contributed by atoms with Crippen LogP contribution in [0.4, 0.5) is 5.82 Å². The molecule has 0 aromatic carbocycles. The van der Waals surface area contributed by atoms with Crippen LogP contribution in [0.3, 0.4) is 0 Å². The van der Waals surface area contributed by atoms with Crippen molar-refractivity contribution in [3.63, 3.8) is 0 Å². The summed E-state index contributed by atoms with van der Waals surface area (Å²) in [4.78, 5) is 4.19. The molecule has 0 radical (unpaired) electrons. The van der Waals surface area contributed by atoms with E-state index in [0.29, 0.717) is 0 Å². The molecule has 0 unspecified atom stereocenters. The molecule has 3 nitrogen and oxygen atoms in total. The Morgan fingerprint density at radius 2 is 2.21 bits per heavy atom. The first-order valence-electron chi connectivity index (χ1n) is 4.78. The van der Waals surface area contributed by atoms with Gasteiger partial charge in [0.2, 0.25) is 0 Å². The first kappa shape index (κ1) is 11.0. The Morgan fingerprint density at radius 3 is 2.79 bits per heavy atom. The number of rotatable bonds is 5. The Kier molecular flexibility index (Phi) is 3.89. The smallest absolute Gasteiger partial charge is 0.125 e. The van der Waals surface area contributed by atoms with Gasteiger partial charge in [0, 0.05) is 25.3 Å². The minimum Gasteiger partial charge on any atom is -0.384 e. The van der Waals surface area contributed by atoms with Gasteiger partial charge >= 0.3 is 0 Å². The van der Waals surface area contributed by atoms with Crippen molar-refractivity contribution in [1.82, 2.24) is 4.98 Å². The molecule has 0 aliphatic carbocycles. The Labute approximate surface area is 85.5 Å². The fourth-order valence-corrected chi connectivity index (χ4v) is 1.24. The number of hydrogen-bond donors (Lipinski definition) is 1. The van der Waals surface area contributed by atoms with Gasteiger partial charge in [0.15, 0.2) is 0 Å². The van der Waals surface area contributed by atoms with Crippen molar-refractivity contribution in [1.29, 1.82) is 0 Å². The Morgan fingerprint density at radius 1 is 1.43 bits per heavy atom. The second-order valence-corrected chi connectivity index (χ2v) is 4.17. The summed E-state index contributed by atoms with van der Waals surface area (Å²) in [5.41, 5.74) is 0.131. The van der Waals surface area contributed by atoms with E-state index >= 15 is 0 Å². The summed E-state index contributed by atoms with van der Waals surface area (Å²) >= 11 is 0. The van der Waals surface area contributed by atoms with Crippen molar-refractivity contribution in [3.8, 4) is 0 Å². The number of pyridine rings is 1.